The lowest BCUT2D eigenvalue weighted by molar-refractivity contribution is -0.137. The number of anilines is 1. The summed E-state index contributed by atoms with van der Waals surface area (Å²) < 4.78 is 25.3. The summed E-state index contributed by atoms with van der Waals surface area (Å²) in [7, 11) is -3.32. The molecule has 0 unspecified atom stereocenters. The average molecular weight is 414 g/mol. The number of benzene rings is 2. The fourth-order valence-electron chi connectivity index (χ4n) is 3.59. The van der Waals surface area contributed by atoms with Crippen LogP contribution in [0.1, 0.15) is 50.3 Å². The molecule has 1 heterocycles. The van der Waals surface area contributed by atoms with E-state index in [4.69, 9.17) is 5.10 Å². The number of nitrogens with zero attached hydrogens (tertiary/aromatic N) is 2. The molecule has 1 aliphatic heterocycles. The van der Waals surface area contributed by atoms with Gasteiger partial charge in [0, 0.05) is 18.0 Å². The lowest BCUT2D eigenvalue weighted by Crippen LogP contribution is -2.32. The van der Waals surface area contributed by atoms with Crippen molar-refractivity contribution in [3.05, 3.63) is 65.7 Å². The second-order valence-electron chi connectivity index (χ2n) is 7.33. The Morgan fingerprint density at radius 1 is 1.10 bits per heavy atom. The third kappa shape index (κ3) is 5.03. The molecule has 3 rings (SSSR count). The molecule has 0 aromatic heterocycles. The maximum atomic E-state index is 13.1. The molecule has 0 radical (unpaired) electrons. The van der Waals surface area contributed by atoms with E-state index in [1.165, 1.54) is 0 Å². The Morgan fingerprint density at radius 3 is 2.28 bits per heavy atom. The average Bonchev–Trinajstić information content (AvgIpc) is 3.14. The monoisotopic (exact) mass is 413 g/mol. The molecule has 0 spiro atoms. The Labute approximate surface area is 172 Å². The van der Waals surface area contributed by atoms with Crippen LogP contribution in [0, 0.1) is 5.92 Å². The highest BCUT2D eigenvalue weighted by Gasteiger charge is 2.35. The molecule has 0 bridgehead atoms. The van der Waals surface area contributed by atoms with E-state index in [-0.39, 0.29) is 17.9 Å². The molecular weight excluding hydrogens is 386 g/mol. The van der Waals surface area contributed by atoms with Gasteiger partial charge in [-0.1, -0.05) is 56.3 Å². The number of hydrogen-bond acceptors (Lipinski definition) is 4. The molecule has 1 amide bonds. The van der Waals surface area contributed by atoms with Crippen molar-refractivity contribution in [3.63, 3.8) is 0 Å². The number of hydrogen-bond donors (Lipinski definition) is 1. The van der Waals surface area contributed by atoms with Crippen LogP contribution in [0.4, 0.5) is 5.69 Å². The Balaban J connectivity index is 1.91. The van der Waals surface area contributed by atoms with Crippen LogP contribution in [0.2, 0.25) is 0 Å². The van der Waals surface area contributed by atoms with Gasteiger partial charge < -0.3 is 0 Å². The van der Waals surface area contributed by atoms with Gasteiger partial charge in [0.15, 0.2) is 0 Å². The van der Waals surface area contributed by atoms with Gasteiger partial charge in [0.05, 0.1) is 18.0 Å². The van der Waals surface area contributed by atoms with Gasteiger partial charge in [-0.05, 0) is 36.1 Å². The van der Waals surface area contributed by atoms with Crippen molar-refractivity contribution in [3.8, 4) is 0 Å². The third-order valence-electron chi connectivity index (χ3n) is 5.18. The van der Waals surface area contributed by atoms with Crippen molar-refractivity contribution in [2.24, 2.45) is 11.0 Å². The number of amides is 1. The van der Waals surface area contributed by atoms with Gasteiger partial charge in [0.1, 0.15) is 0 Å². The number of carbonyl (C=O) groups is 1. The normalized spacial score (nSPS) is 16.8. The summed E-state index contributed by atoms with van der Waals surface area (Å²) in [4.78, 5) is 13.1. The SMILES string of the molecule is CCC(CC)C(=O)N1N=C(c2ccc(NS(C)(=O)=O)cc2)C[C@@H]1c1ccccc1. The topological polar surface area (TPSA) is 78.8 Å². The first-order valence-electron chi connectivity index (χ1n) is 9.86. The van der Waals surface area contributed by atoms with Crippen LogP contribution in [-0.4, -0.2) is 31.3 Å². The molecule has 0 saturated carbocycles. The van der Waals surface area contributed by atoms with E-state index in [2.05, 4.69) is 4.72 Å². The minimum Gasteiger partial charge on any atom is -0.284 e. The first-order chi connectivity index (χ1) is 13.8. The van der Waals surface area contributed by atoms with Crippen molar-refractivity contribution in [1.82, 2.24) is 5.01 Å². The van der Waals surface area contributed by atoms with E-state index >= 15 is 0 Å². The fraction of sp³-hybridized carbons (Fsp3) is 0.364. The molecule has 1 N–H and O–H groups in total. The first-order valence-corrected chi connectivity index (χ1v) is 11.7. The lowest BCUT2D eigenvalue weighted by atomic mass is 9.96. The predicted octanol–water partition coefficient (Wildman–Crippen LogP) is 4.17. The molecule has 0 saturated heterocycles. The Morgan fingerprint density at radius 2 is 1.72 bits per heavy atom. The van der Waals surface area contributed by atoms with Crippen LogP contribution in [0.5, 0.6) is 0 Å². The van der Waals surface area contributed by atoms with Crippen LogP contribution in [0.3, 0.4) is 0 Å². The van der Waals surface area contributed by atoms with E-state index in [0.717, 1.165) is 35.9 Å². The molecule has 7 heteroatoms. The van der Waals surface area contributed by atoms with Gasteiger partial charge in [-0.15, -0.1) is 0 Å². The van der Waals surface area contributed by atoms with Crippen LogP contribution in [-0.2, 0) is 14.8 Å². The Kier molecular flexibility index (Phi) is 6.37. The van der Waals surface area contributed by atoms with Crippen LogP contribution >= 0.6 is 0 Å². The summed E-state index contributed by atoms with van der Waals surface area (Å²) >= 11 is 0. The molecule has 2 aromatic rings. The minimum absolute atomic E-state index is 0.0502. The van der Waals surface area contributed by atoms with Crippen molar-refractivity contribution >= 4 is 27.3 Å². The maximum Gasteiger partial charge on any atom is 0.246 e. The lowest BCUT2D eigenvalue weighted by Gasteiger charge is -2.25. The molecule has 0 fully saturated rings. The number of carbonyl (C=O) groups excluding carboxylic acids is 1. The van der Waals surface area contributed by atoms with Crippen molar-refractivity contribution in [1.29, 1.82) is 0 Å². The second kappa shape index (κ2) is 8.78. The standard InChI is InChI=1S/C22H27N3O3S/c1-4-16(5-2)22(26)25-21(18-9-7-6-8-10-18)15-20(23-25)17-11-13-19(14-12-17)24-29(3,27)28/h6-14,16,21,24H,4-5,15H2,1-3H3/t21-/m1/s1. The zero-order valence-corrected chi connectivity index (χ0v) is 17.8. The summed E-state index contributed by atoms with van der Waals surface area (Å²) in [5.41, 5.74) is 3.26. The maximum absolute atomic E-state index is 13.1. The van der Waals surface area contributed by atoms with E-state index in [9.17, 15) is 13.2 Å². The van der Waals surface area contributed by atoms with Crippen LogP contribution in [0.25, 0.3) is 0 Å². The zero-order valence-electron chi connectivity index (χ0n) is 17.0. The smallest absolute Gasteiger partial charge is 0.246 e. The van der Waals surface area contributed by atoms with Crippen molar-refractivity contribution in [2.45, 2.75) is 39.2 Å². The molecule has 1 aliphatic rings. The quantitative estimate of drug-likeness (QED) is 0.740. The highest BCUT2D eigenvalue weighted by Crippen LogP contribution is 2.34. The fourth-order valence-corrected chi connectivity index (χ4v) is 4.16. The number of sulfonamides is 1. The van der Waals surface area contributed by atoms with Crippen molar-refractivity contribution < 1.29 is 13.2 Å². The predicted molar refractivity (Wildman–Crippen MR) is 116 cm³/mol. The largest absolute Gasteiger partial charge is 0.284 e. The van der Waals surface area contributed by atoms with Gasteiger partial charge in [0.2, 0.25) is 15.9 Å². The molecule has 154 valence electrons. The van der Waals surface area contributed by atoms with Gasteiger partial charge >= 0.3 is 0 Å². The molecule has 0 aliphatic carbocycles. The number of rotatable bonds is 7. The summed E-state index contributed by atoms with van der Waals surface area (Å²) in [6.07, 6.45) is 3.30. The first kappa shape index (κ1) is 21.0. The molecule has 1 atom stereocenters. The molecule has 2 aromatic carbocycles. The van der Waals surface area contributed by atoms with Crippen LogP contribution < -0.4 is 4.72 Å². The van der Waals surface area contributed by atoms with E-state index < -0.39 is 10.0 Å². The zero-order chi connectivity index (χ0) is 21.0. The second-order valence-corrected chi connectivity index (χ2v) is 9.07. The van der Waals surface area contributed by atoms with E-state index in [1.807, 2.05) is 56.3 Å². The van der Waals surface area contributed by atoms with Crippen LogP contribution in [0.15, 0.2) is 59.7 Å². The van der Waals surface area contributed by atoms with Gasteiger partial charge in [-0.25, -0.2) is 13.4 Å². The highest BCUT2D eigenvalue weighted by molar-refractivity contribution is 7.92. The third-order valence-corrected chi connectivity index (χ3v) is 5.78. The number of nitrogens with one attached hydrogen (secondary N) is 1. The number of hydrazone groups is 1. The summed E-state index contributed by atoms with van der Waals surface area (Å²) in [5.74, 6) is -0.000125. The molecular formula is C22H27N3O3S. The molecule has 6 nitrogen and oxygen atoms in total. The van der Waals surface area contributed by atoms with Gasteiger partial charge in [-0.2, -0.15) is 5.10 Å². The summed E-state index contributed by atoms with van der Waals surface area (Å²) in [6.45, 7) is 4.05. The summed E-state index contributed by atoms with van der Waals surface area (Å²) in [6, 6.07) is 16.9. The van der Waals surface area contributed by atoms with Gasteiger partial charge in [-0.3, -0.25) is 9.52 Å². The summed E-state index contributed by atoms with van der Waals surface area (Å²) in [5, 5.41) is 6.34. The Bertz CT molecular complexity index is 982. The van der Waals surface area contributed by atoms with Gasteiger partial charge in [0.25, 0.3) is 0 Å². The molecule has 29 heavy (non-hydrogen) atoms. The Hall–Kier alpha value is -2.67. The highest BCUT2D eigenvalue weighted by atomic mass is 32.2. The van der Waals surface area contributed by atoms with E-state index in [1.54, 1.807) is 17.1 Å². The van der Waals surface area contributed by atoms with E-state index in [0.29, 0.717) is 12.1 Å². The van der Waals surface area contributed by atoms with Crippen molar-refractivity contribution in [2.75, 3.05) is 11.0 Å². The minimum atomic E-state index is -3.32.